The molecule has 158 valence electrons. The minimum absolute atomic E-state index is 0.0107. The van der Waals surface area contributed by atoms with Crippen molar-refractivity contribution in [1.82, 2.24) is 19.2 Å². The molecule has 0 saturated carbocycles. The molecule has 2 saturated heterocycles. The largest absolute Gasteiger partial charge is 0.346 e. The van der Waals surface area contributed by atoms with Gasteiger partial charge in [0.15, 0.2) is 0 Å². The lowest BCUT2D eigenvalue weighted by Crippen LogP contribution is -2.54. The van der Waals surface area contributed by atoms with Crippen LogP contribution in [0.2, 0.25) is 0 Å². The van der Waals surface area contributed by atoms with Crippen LogP contribution in [0.4, 0.5) is 0 Å². The Balaban J connectivity index is 1.44. The first-order valence-corrected chi connectivity index (χ1v) is 12.3. The summed E-state index contributed by atoms with van der Waals surface area (Å²) in [6, 6.07) is 3.52. The van der Waals surface area contributed by atoms with Crippen LogP contribution in [0.5, 0.6) is 0 Å². The van der Waals surface area contributed by atoms with E-state index in [1.54, 1.807) is 6.20 Å². The number of fused-ring (bicyclic) bond motifs is 1. The number of sulfonamides is 1. The summed E-state index contributed by atoms with van der Waals surface area (Å²) in [5.41, 5.74) is 2.17. The first-order valence-electron chi connectivity index (χ1n) is 10.7. The second-order valence-corrected chi connectivity index (χ2v) is 10.2. The van der Waals surface area contributed by atoms with Gasteiger partial charge in [0.1, 0.15) is 11.7 Å². The number of amides is 1. The number of hydrogen-bond acceptors (Lipinski definition) is 4. The Kier molecular flexibility index (Phi) is 5.92. The SMILES string of the molecule is CCCS(=O)(=O)N1CCCCC1C(=O)N1CCC(c2c[nH]c3ncccc23)CC1. The molecule has 29 heavy (non-hydrogen) atoms. The molecule has 1 unspecified atom stereocenters. The highest BCUT2D eigenvalue weighted by Gasteiger charge is 2.39. The molecule has 1 atom stereocenters. The summed E-state index contributed by atoms with van der Waals surface area (Å²) in [6.07, 6.45) is 8.56. The number of pyridine rings is 1. The van der Waals surface area contributed by atoms with Crippen molar-refractivity contribution in [3.05, 3.63) is 30.1 Å². The summed E-state index contributed by atoms with van der Waals surface area (Å²) in [6.45, 7) is 3.68. The number of hydrogen-bond donors (Lipinski definition) is 1. The third-order valence-corrected chi connectivity index (χ3v) is 8.36. The monoisotopic (exact) mass is 418 g/mol. The van der Waals surface area contributed by atoms with Crippen molar-refractivity contribution in [2.24, 2.45) is 0 Å². The lowest BCUT2D eigenvalue weighted by Gasteiger charge is -2.39. The molecule has 2 aromatic rings. The third-order valence-electron chi connectivity index (χ3n) is 6.29. The van der Waals surface area contributed by atoms with E-state index in [-0.39, 0.29) is 11.7 Å². The fraction of sp³-hybridized carbons (Fsp3) is 0.619. The fourth-order valence-corrected chi connectivity index (χ4v) is 6.54. The van der Waals surface area contributed by atoms with Crippen molar-refractivity contribution in [3.8, 4) is 0 Å². The van der Waals surface area contributed by atoms with Crippen molar-refractivity contribution in [2.45, 2.75) is 57.4 Å². The van der Waals surface area contributed by atoms with Gasteiger partial charge in [-0.05, 0) is 55.7 Å². The second kappa shape index (κ2) is 8.44. The number of piperidine rings is 2. The number of aromatic nitrogens is 2. The topological polar surface area (TPSA) is 86.4 Å². The summed E-state index contributed by atoms with van der Waals surface area (Å²) < 4.78 is 26.8. The zero-order valence-corrected chi connectivity index (χ0v) is 17.8. The van der Waals surface area contributed by atoms with Crippen LogP contribution in [0.15, 0.2) is 24.5 Å². The normalized spacial score (nSPS) is 22.2. The van der Waals surface area contributed by atoms with Crippen LogP contribution in [-0.2, 0) is 14.8 Å². The van der Waals surface area contributed by atoms with Crippen LogP contribution >= 0.6 is 0 Å². The maximum absolute atomic E-state index is 13.2. The summed E-state index contributed by atoms with van der Waals surface area (Å²) in [7, 11) is -3.36. The Bertz CT molecular complexity index is 963. The van der Waals surface area contributed by atoms with Gasteiger partial charge in [-0.1, -0.05) is 13.3 Å². The van der Waals surface area contributed by atoms with Crippen LogP contribution in [0.25, 0.3) is 11.0 Å². The van der Waals surface area contributed by atoms with Crippen LogP contribution in [-0.4, -0.2) is 64.9 Å². The van der Waals surface area contributed by atoms with Gasteiger partial charge in [0.25, 0.3) is 0 Å². The number of rotatable bonds is 5. The number of likely N-dealkylation sites (tertiary alicyclic amines) is 1. The van der Waals surface area contributed by atoms with E-state index in [2.05, 4.69) is 16.0 Å². The first kappa shape index (κ1) is 20.3. The van der Waals surface area contributed by atoms with Crippen molar-refractivity contribution in [2.75, 3.05) is 25.4 Å². The quantitative estimate of drug-likeness (QED) is 0.809. The summed E-state index contributed by atoms with van der Waals surface area (Å²) in [4.78, 5) is 22.7. The van der Waals surface area contributed by atoms with Crippen molar-refractivity contribution >= 4 is 27.0 Å². The van der Waals surface area contributed by atoms with E-state index < -0.39 is 16.1 Å². The molecule has 0 bridgehead atoms. The molecular weight excluding hydrogens is 388 g/mol. The maximum Gasteiger partial charge on any atom is 0.241 e. The van der Waals surface area contributed by atoms with Gasteiger partial charge in [0, 0.05) is 37.4 Å². The standard InChI is InChI=1S/C21H30N4O3S/c1-2-14-29(27,28)25-11-4-3-7-19(25)21(26)24-12-8-16(9-13-24)18-15-23-20-17(18)6-5-10-22-20/h5-6,10,15-16,19H,2-4,7-9,11-14H2,1H3,(H,22,23). The van der Waals surface area contributed by atoms with Crippen LogP contribution in [0.3, 0.4) is 0 Å². The number of carbonyl (C=O) groups is 1. The Morgan fingerprint density at radius 1 is 1.21 bits per heavy atom. The van der Waals surface area contributed by atoms with Gasteiger partial charge in [0.2, 0.25) is 15.9 Å². The van der Waals surface area contributed by atoms with E-state index in [1.165, 1.54) is 9.87 Å². The number of carbonyl (C=O) groups excluding carboxylic acids is 1. The van der Waals surface area contributed by atoms with Crippen molar-refractivity contribution in [1.29, 1.82) is 0 Å². The Hall–Kier alpha value is -1.93. The van der Waals surface area contributed by atoms with Crippen LogP contribution in [0.1, 0.15) is 56.9 Å². The van der Waals surface area contributed by atoms with Gasteiger partial charge in [0.05, 0.1) is 5.75 Å². The zero-order valence-electron chi connectivity index (χ0n) is 17.0. The highest BCUT2D eigenvalue weighted by atomic mass is 32.2. The molecule has 0 aliphatic carbocycles. The molecule has 2 aliphatic heterocycles. The number of nitrogens with zero attached hydrogens (tertiary/aromatic N) is 3. The van der Waals surface area contributed by atoms with Gasteiger partial charge in [-0.25, -0.2) is 13.4 Å². The predicted molar refractivity (Wildman–Crippen MR) is 113 cm³/mol. The molecule has 8 heteroatoms. The third kappa shape index (κ3) is 4.05. The lowest BCUT2D eigenvalue weighted by atomic mass is 9.89. The molecule has 2 aromatic heterocycles. The number of H-pyrrole nitrogens is 1. The molecule has 0 spiro atoms. The molecule has 0 radical (unpaired) electrons. The van der Waals surface area contributed by atoms with Crippen LogP contribution < -0.4 is 0 Å². The Morgan fingerprint density at radius 2 is 2.00 bits per heavy atom. The molecule has 1 amide bonds. The molecule has 4 rings (SSSR count). The minimum Gasteiger partial charge on any atom is -0.346 e. The Labute approximate surface area is 172 Å². The van der Waals surface area contributed by atoms with E-state index in [0.29, 0.717) is 38.4 Å². The molecule has 7 nitrogen and oxygen atoms in total. The lowest BCUT2D eigenvalue weighted by molar-refractivity contribution is -0.137. The van der Waals surface area contributed by atoms with Crippen molar-refractivity contribution in [3.63, 3.8) is 0 Å². The average Bonchev–Trinajstić information content (AvgIpc) is 3.17. The number of nitrogens with one attached hydrogen (secondary N) is 1. The second-order valence-electron chi connectivity index (χ2n) is 8.18. The predicted octanol–water partition coefficient (Wildman–Crippen LogP) is 2.86. The molecule has 1 N–H and O–H groups in total. The molecular formula is C21H30N4O3S. The van der Waals surface area contributed by atoms with Crippen LogP contribution in [0, 0.1) is 0 Å². The molecule has 0 aromatic carbocycles. The van der Waals surface area contributed by atoms with E-state index >= 15 is 0 Å². The van der Waals surface area contributed by atoms with Gasteiger partial charge >= 0.3 is 0 Å². The number of aromatic amines is 1. The Morgan fingerprint density at radius 3 is 2.76 bits per heavy atom. The van der Waals surface area contributed by atoms with E-state index in [4.69, 9.17) is 0 Å². The van der Waals surface area contributed by atoms with Crippen molar-refractivity contribution < 1.29 is 13.2 Å². The summed E-state index contributed by atoms with van der Waals surface area (Å²) in [5.74, 6) is 0.500. The highest BCUT2D eigenvalue weighted by molar-refractivity contribution is 7.89. The maximum atomic E-state index is 13.2. The highest BCUT2D eigenvalue weighted by Crippen LogP contribution is 2.33. The van der Waals surface area contributed by atoms with Gasteiger partial charge < -0.3 is 9.88 Å². The van der Waals surface area contributed by atoms with Gasteiger partial charge in [-0.2, -0.15) is 4.31 Å². The summed E-state index contributed by atoms with van der Waals surface area (Å²) >= 11 is 0. The minimum atomic E-state index is -3.36. The zero-order chi connectivity index (χ0) is 20.4. The van der Waals surface area contributed by atoms with E-state index in [0.717, 1.165) is 36.7 Å². The van der Waals surface area contributed by atoms with Gasteiger partial charge in [-0.15, -0.1) is 0 Å². The molecule has 4 heterocycles. The van der Waals surface area contributed by atoms with Gasteiger partial charge in [-0.3, -0.25) is 4.79 Å². The fourth-order valence-electron chi connectivity index (χ4n) is 4.80. The molecule has 2 aliphatic rings. The smallest absolute Gasteiger partial charge is 0.241 e. The molecule has 2 fully saturated rings. The summed E-state index contributed by atoms with van der Waals surface area (Å²) in [5, 5.41) is 1.15. The van der Waals surface area contributed by atoms with E-state index in [1.807, 2.05) is 24.1 Å². The van der Waals surface area contributed by atoms with E-state index in [9.17, 15) is 13.2 Å². The first-order chi connectivity index (χ1) is 14.0. The average molecular weight is 419 g/mol.